The van der Waals surface area contributed by atoms with Gasteiger partial charge in [0.05, 0.1) is 7.11 Å². The maximum absolute atomic E-state index is 12.2. The second-order valence-electron chi connectivity index (χ2n) is 5.46. The molecule has 2 aromatic rings. The molecule has 0 fully saturated rings. The van der Waals surface area contributed by atoms with Crippen molar-refractivity contribution in [2.24, 2.45) is 0 Å². The fourth-order valence-electron chi connectivity index (χ4n) is 2.45. The van der Waals surface area contributed by atoms with Gasteiger partial charge < -0.3 is 18.9 Å². The first-order chi connectivity index (χ1) is 12.7. The molecule has 1 heterocycles. The molecule has 2 aromatic carbocycles. The largest absolute Gasteiger partial charge is 0.496 e. The number of ether oxygens (including phenoxy) is 4. The normalized spacial score (nSPS) is 12.7. The predicted octanol–water partition coefficient (Wildman–Crippen LogP) is 2.91. The van der Waals surface area contributed by atoms with Crippen LogP contribution in [-0.4, -0.2) is 38.7 Å². The van der Waals surface area contributed by atoms with Crippen molar-refractivity contribution in [1.29, 1.82) is 0 Å². The molecule has 3 rings (SSSR count). The second-order valence-corrected chi connectivity index (χ2v) is 5.46. The van der Waals surface area contributed by atoms with Crippen molar-refractivity contribution in [3.63, 3.8) is 0 Å². The van der Waals surface area contributed by atoms with Gasteiger partial charge in [0, 0.05) is 17.2 Å². The van der Waals surface area contributed by atoms with E-state index in [0.717, 1.165) is 5.56 Å². The van der Waals surface area contributed by atoms with Crippen LogP contribution in [0.1, 0.15) is 15.9 Å². The van der Waals surface area contributed by atoms with Crippen molar-refractivity contribution in [3.8, 4) is 17.2 Å². The molecular formula is C20H18O6. The molecule has 0 aromatic heterocycles. The highest BCUT2D eigenvalue weighted by Gasteiger charge is 2.15. The third-order valence-electron chi connectivity index (χ3n) is 3.75. The fourth-order valence-corrected chi connectivity index (χ4v) is 2.45. The number of fused-ring (bicyclic) bond motifs is 1. The molecule has 0 spiro atoms. The summed E-state index contributed by atoms with van der Waals surface area (Å²) in [7, 11) is 1.55. The van der Waals surface area contributed by atoms with Crippen LogP contribution in [0.25, 0.3) is 6.08 Å². The van der Waals surface area contributed by atoms with Gasteiger partial charge in [0.15, 0.2) is 23.9 Å². The third kappa shape index (κ3) is 4.22. The number of carbonyl (C=O) groups is 2. The quantitative estimate of drug-likeness (QED) is 0.451. The number of hydrogen-bond donors (Lipinski definition) is 0. The number of rotatable bonds is 6. The molecule has 0 unspecified atom stereocenters. The zero-order valence-electron chi connectivity index (χ0n) is 14.3. The van der Waals surface area contributed by atoms with Crippen molar-refractivity contribution in [2.45, 2.75) is 0 Å². The van der Waals surface area contributed by atoms with Crippen molar-refractivity contribution in [1.82, 2.24) is 0 Å². The van der Waals surface area contributed by atoms with Gasteiger partial charge in [-0.1, -0.05) is 18.2 Å². The molecule has 0 aliphatic carbocycles. The highest BCUT2D eigenvalue weighted by Crippen LogP contribution is 2.30. The summed E-state index contributed by atoms with van der Waals surface area (Å²) in [6.45, 7) is 0.568. The van der Waals surface area contributed by atoms with Crippen molar-refractivity contribution in [3.05, 3.63) is 59.7 Å². The molecule has 0 bridgehead atoms. The van der Waals surface area contributed by atoms with E-state index in [0.29, 0.717) is 36.0 Å². The molecule has 0 atom stereocenters. The number of benzene rings is 2. The van der Waals surface area contributed by atoms with Gasteiger partial charge in [-0.3, -0.25) is 4.79 Å². The van der Waals surface area contributed by atoms with Gasteiger partial charge in [-0.05, 0) is 30.3 Å². The first kappa shape index (κ1) is 17.5. The Kier molecular flexibility index (Phi) is 5.53. The maximum atomic E-state index is 12.2. The molecule has 6 nitrogen and oxygen atoms in total. The summed E-state index contributed by atoms with van der Waals surface area (Å²) in [5.74, 6) is 0.834. The van der Waals surface area contributed by atoms with E-state index in [4.69, 9.17) is 18.9 Å². The molecule has 134 valence electrons. The van der Waals surface area contributed by atoms with Crippen molar-refractivity contribution in [2.75, 3.05) is 26.9 Å². The lowest BCUT2D eigenvalue weighted by Gasteiger charge is -2.18. The molecule has 0 radical (unpaired) electrons. The van der Waals surface area contributed by atoms with E-state index in [1.165, 1.54) is 6.08 Å². The average molecular weight is 354 g/mol. The van der Waals surface area contributed by atoms with Crippen LogP contribution in [-0.2, 0) is 9.53 Å². The predicted molar refractivity (Wildman–Crippen MR) is 94.7 cm³/mol. The Balaban J connectivity index is 1.57. The third-order valence-corrected chi connectivity index (χ3v) is 3.75. The van der Waals surface area contributed by atoms with Crippen molar-refractivity contribution < 1.29 is 28.5 Å². The lowest BCUT2D eigenvalue weighted by molar-refractivity contribution is -0.136. The molecule has 0 saturated carbocycles. The lowest BCUT2D eigenvalue weighted by atomic mass is 10.1. The van der Waals surface area contributed by atoms with Gasteiger partial charge >= 0.3 is 5.97 Å². The van der Waals surface area contributed by atoms with Gasteiger partial charge in [0.25, 0.3) is 0 Å². The molecule has 0 amide bonds. The molecule has 6 heteroatoms. The highest BCUT2D eigenvalue weighted by atomic mass is 16.6. The monoisotopic (exact) mass is 354 g/mol. The number of Topliss-reactive ketones (excluding diaryl/α,β-unsaturated/α-hetero) is 1. The smallest absolute Gasteiger partial charge is 0.331 e. The standard InChI is InChI=1S/C20H18O6/c1-23-17-5-3-2-4-14(17)7-9-20(22)26-13-16(21)15-6-8-18-19(12-15)25-11-10-24-18/h2-9,12H,10-11,13H2,1H3/b9-7+. The van der Waals surface area contributed by atoms with E-state index in [1.54, 1.807) is 37.5 Å². The van der Waals surface area contributed by atoms with Crippen LogP contribution in [0, 0.1) is 0 Å². The summed E-state index contributed by atoms with van der Waals surface area (Å²) < 4.78 is 21.1. The summed E-state index contributed by atoms with van der Waals surface area (Å²) in [6, 6.07) is 12.1. The van der Waals surface area contributed by atoms with E-state index >= 15 is 0 Å². The molecule has 1 aliphatic rings. The Morgan fingerprint density at radius 3 is 2.65 bits per heavy atom. The Hall–Kier alpha value is -3.28. The van der Waals surface area contributed by atoms with E-state index in [2.05, 4.69) is 0 Å². The van der Waals surface area contributed by atoms with Crippen LogP contribution in [0.3, 0.4) is 0 Å². The second kappa shape index (κ2) is 8.20. The van der Waals surface area contributed by atoms with Crippen LogP contribution in [0.2, 0.25) is 0 Å². The van der Waals surface area contributed by atoms with E-state index < -0.39 is 5.97 Å². The molecule has 1 aliphatic heterocycles. The Labute approximate surface area is 150 Å². The summed E-state index contributed by atoms with van der Waals surface area (Å²) in [5.41, 5.74) is 1.14. The number of hydrogen-bond acceptors (Lipinski definition) is 6. The van der Waals surface area contributed by atoms with Gasteiger partial charge in [-0.15, -0.1) is 0 Å². The first-order valence-electron chi connectivity index (χ1n) is 8.08. The van der Waals surface area contributed by atoms with Crippen LogP contribution in [0.5, 0.6) is 17.2 Å². The van der Waals surface area contributed by atoms with Crippen LogP contribution in [0.4, 0.5) is 0 Å². The molecular weight excluding hydrogens is 336 g/mol. The number of methoxy groups -OCH3 is 1. The Morgan fingerprint density at radius 1 is 1.08 bits per heavy atom. The first-order valence-corrected chi connectivity index (χ1v) is 8.08. The molecule has 0 N–H and O–H groups in total. The Morgan fingerprint density at radius 2 is 1.85 bits per heavy atom. The zero-order valence-corrected chi connectivity index (χ0v) is 14.3. The Bertz CT molecular complexity index is 840. The lowest BCUT2D eigenvalue weighted by Crippen LogP contribution is -2.17. The minimum absolute atomic E-state index is 0.319. The molecule has 0 saturated heterocycles. The van der Waals surface area contributed by atoms with Crippen LogP contribution in [0.15, 0.2) is 48.5 Å². The number of carbonyl (C=O) groups excluding carboxylic acids is 2. The SMILES string of the molecule is COc1ccccc1/C=C/C(=O)OCC(=O)c1ccc2c(c1)OCCO2. The number of esters is 1. The summed E-state index contributed by atoms with van der Waals surface area (Å²) in [4.78, 5) is 24.0. The van der Waals surface area contributed by atoms with Gasteiger partial charge in [-0.2, -0.15) is 0 Å². The summed E-state index contributed by atoms with van der Waals surface area (Å²) in [6.07, 6.45) is 2.84. The van der Waals surface area contributed by atoms with Gasteiger partial charge in [0.2, 0.25) is 0 Å². The highest BCUT2D eigenvalue weighted by molar-refractivity contribution is 5.99. The zero-order chi connectivity index (χ0) is 18.4. The topological polar surface area (TPSA) is 71.1 Å². The van der Waals surface area contributed by atoms with E-state index in [1.807, 2.05) is 18.2 Å². The number of para-hydroxylation sites is 1. The van der Waals surface area contributed by atoms with Crippen LogP contribution >= 0.6 is 0 Å². The molecule has 26 heavy (non-hydrogen) atoms. The van der Waals surface area contributed by atoms with E-state index in [-0.39, 0.29) is 12.4 Å². The fraction of sp³-hybridized carbons (Fsp3) is 0.200. The summed E-state index contributed by atoms with van der Waals surface area (Å²) in [5, 5.41) is 0. The van der Waals surface area contributed by atoms with Gasteiger partial charge in [-0.25, -0.2) is 4.79 Å². The van der Waals surface area contributed by atoms with Gasteiger partial charge in [0.1, 0.15) is 19.0 Å². The maximum Gasteiger partial charge on any atom is 0.331 e. The van der Waals surface area contributed by atoms with E-state index in [9.17, 15) is 9.59 Å². The van der Waals surface area contributed by atoms with Crippen LogP contribution < -0.4 is 14.2 Å². The summed E-state index contributed by atoms with van der Waals surface area (Å²) >= 11 is 0. The number of ketones is 1. The van der Waals surface area contributed by atoms with Crippen molar-refractivity contribution >= 4 is 17.8 Å². The minimum atomic E-state index is -0.609. The average Bonchev–Trinajstić information content (AvgIpc) is 2.70. The minimum Gasteiger partial charge on any atom is -0.496 e.